The summed E-state index contributed by atoms with van der Waals surface area (Å²) >= 11 is 4.45. The third-order valence-electron chi connectivity index (χ3n) is 0.687. The van der Waals surface area contributed by atoms with Crippen LogP contribution < -0.4 is 0 Å². The second-order valence-corrected chi connectivity index (χ2v) is 1.40. The Hall–Kier alpha value is -0.900. The molecular formula is C4H3NO2S. The van der Waals surface area contributed by atoms with Crippen molar-refractivity contribution in [1.82, 2.24) is 4.98 Å². The van der Waals surface area contributed by atoms with E-state index in [9.17, 15) is 0 Å². The summed E-state index contributed by atoms with van der Waals surface area (Å²) in [6.07, 6.45) is 1.13. The fourth-order valence-corrected chi connectivity index (χ4v) is 0.491. The number of rotatable bonds is 1. The van der Waals surface area contributed by atoms with Gasteiger partial charge in [-0.3, -0.25) is 0 Å². The highest BCUT2D eigenvalue weighted by Gasteiger charge is 1.98. The Morgan fingerprint density at radius 3 is 2.88 bits per heavy atom. The van der Waals surface area contributed by atoms with Crippen molar-refractivity contribution in [1.29, 1.82) is 0 Å². The number of aromatic hydroxyl groups is 1. The van der Waals surface area contributed by atoms with Crippen LogP contribution in [0, 0.1) is 0 Å². The zero-order chi connectivity index (χ0) is 5.98. The molecule has 3 nitrogen and oxygen atoms in total. The van der Waals surface area contributed by atoms with Crippen LogP contribution in [0.5, 0.6) is 5.95 Å². The van der Waals surface area contributed by atoms with Crippen molar-refractivity contribution >= 4 is 17.6 Å². The van der Waals surface area contributed by atoms with Gasteiger partial charge in [0, 0.05) is 5.37 Å². The lowest BCUT2D eigenvalue weighted by Gasteiger charge is -1.77. The van der Waals surface area contributed by atoms with E-state index in [2.05, 4.69) is 21.6 Å². The van der Waals surface area contributed by atoms with Gasteiger partial charge in [0.2, 0.25) is 0 Å². The Morgan fingerprint density at radius 1 is 1.88 bits per heavy atom. The Kier molecular flexibility index (Phi) is 1.26. The smallest absolute Gasteiger partial charge is 0.311 e. The standard InChI is InChI=1S/C4H3NO2S/c6-4-3(1-8)5-2-7-4/h1-2,6H. The minimum Gasteiger partial charge on any atom is -0.479 e. The van der Waals surface area contributed by atoms with E-state index in [1.807, 2.05) is 0 Å². The van der Waals surface area contributed by atoms with Crippen molar-refractivity contribution in [2.75, 3.05) is 0 Å². The van der Waals surface area contributed by atoms with E-state index in [1.165, 1.54) is 5.37 Å². The van der Waals surface area contributed by atoms with Gasteiger partial charge in [0.05, 0.1) is 0 Å². The van der Waals surface area contributed by atoms with Gasteiger partial charge in [-0.15, -0.1) is 0 Å². The van der Waals surface area contributed by atoms with Crippen LogP contribution in [0.25, 0.3) is 0 Å². The van der Waals surface area contributed by atoms with E-state index in [0.717, 1.165) is 6.39 Å². The zero-order valence-corrected chi connectivity index (χ0v) is 4.68. The van der Waals surface area contributed by atoms with Crippen LogP contribution in [0.3, 0.4) is 0 Å². The van der Waals surface area contributed by atoms with Crippen LogP contribution in [0.1, 0.15) is 5.69 Å². The number of aromatic nitrogens is 1. The largest absolute Gasteiger partial charge is 0.479 e. The molecule has 0 spiro atoms. The number of hydrogen-bond donors (Lipinski definition) is 1. The molecule has 0 bridgehead atoms. The fraction of sp³-hybridized carbons (Fsp3) is 0. The summed E-state index contributed by atoms with van der Waals surface area (Å²) in [7, 11) is 0. The molecule has 0 aliphatic rings. The van der Waals surface area contributed by atoms with Crippen molar-refractivity contribution in [2.24, 2.45) is 0 Å². The molecule has 0 fully saturated rings. The Morgan fingerprint density at radius 2 is 2.62 bits per heavy atom. The summed E-state index contributed by atoms with van der Waals surface area (Å²) < 4.78 is 4.40. The third kappa shape index (κ3) is 0.696. The first-order valence-corrected chi connectivity index (χ1v) is 2.39. The van der Waals surface area contributed by atoms with Gasteiger partial charge in [-0.2, -0.15) is 0 Å². The second-order valence-electron chi connectivity index (χ2n) is 1.16. The molecule has 1 aromatic rings. The van der Waals surface area contributed by atoms with E-state index in [1.54, 1.807) is 0 Å². The highest BCUT2D eigenvalue weighted by molar-refractivity contribution is 7.79. The highest BCUT2D eigenvalue weighted by atomic mass is 32.1. The first-order valence-electron chi connectivity index (χ1n) is 1.92. The van der Waals surface area contributed by atoms with E-state index in [-0.39, 0.29) is 5.95 Å². The van der Waals surface area contributed by atoms with Gasteiger partial charge in [-0.1, -0.05) is 12.2 Å². The number of oxazole rings is 1. The molecule has 4 heteroatoms. The molecule has 1 N–H and O–H groups in total. The van der Waals surface area contributed by atoms with Gasteiger partial charge >= 0.3 is 5.95 Å². The maximum Gasteiger partial charge on any atom is 0.311 e. The van der Waals surface area contributed by atoms with Crippen molar-refractivity contribution in [2.45, 2.75) is 0 Å². The Balaban J connectivity index is 3.09. The molecule has 0 aliphatic carbocycles. The van der Waals surface area contributed by atoms with Crippen LogP contribution >= 0.6 is 12.2 Å². The molecular weight excluding hydrogens is 126 g/mol. The van der Waals surface area contributed by atoms with E-state index < -0.39 is 0 Å². The lowest BCUT2D eigenvalue weighted by atomic mass is 10.5. The maximum atomic E-state index is 8.62. The highest BCUT2D eigenvalue weighted by Crippen LogP contribution is 2.10. The maximum absolute atomic E-state index is 8.62. The topological polar surface area (TPSA) is 46.3 Å². The molecule has 1 aromatic heterocycles. The SMILES string of the molecule is Oc1ocnc1C=S. The van der Waals surface area contributed by atoms with Crippen LogP contribution in [-0.2, 0) is 0 Å². The van der Waals surface area contributed by atoms with Crippen LogP contribution in [0.15, 0.2) is 10.8 Å². The van der Waals surface area contributed by atoms with Crippen LogP contribution in [-0.4, -0.2) is 15.5 Å². The average Bonchev–Trinajstić information content (AvgIpc) is 2.14. The Labute approximate surface area is 51.0 Å². The first kappa shape index (κ1) is 5.24. The second kappa shape index (κ2) is 1.92. The van der Waals surface area contributed by atoms with Crippen LogP contribution in [0.2, 0.25) is 0 Å². The zero-order valence-electron chi connectivity index (χ0n) is 3.87. The molecule has 0 aliphatic heterocycles. The summed E-state index contributed by atoms with van der Waals surface area (Å²) in [5.74, 6) is -0.222. The quantitative estimate of drug-likeness (QED) is 0.568. The first-order chi connectivity index (χ1) is 3.84. The molecule has 42 valence electrons. The lowest BCUT2D eigenvalue weighted by molar-refractivity contribution is 0.331. The summed E-state index contributed by atoms with van der Waals surface area (Å²) in [5, 5.41) is 9.87. The predicted octanol–water partition coefficient (Wildman–Crippen LogP) is 0.728. The van der Waals surface area contributed by atoms with Crippen LogP contribution in [0.4, 0.5) is 0 Å². The number of hydrogen-bond acceptors (Lipinski definition) is 4. The summed E-state index contributed by atoms with van der Waals surface area (Å²) in [5.41, 5.74) is 0.306. The van der Waals surface area contributed by atoms with Crippen molar-refractivity contribution in [3.8, 4) is 5.95 Å². The third-order valence-corrected chi connectivity index (χ3v) is 0.910. The van der Waals surface area contributed by atoms with Gasteiger partial charge in [0.25, 0.3) is 0 Å². The number of nitrogens with zero attached hydrogens (tertiary/aromatic N) is 1. The average molecular weight is 129 g/mol. The van der Waals surface area contributed by atoms with E-state index in [0.29, 0.717) is 5.69 Å². The minimum absolute atomic E-state index is 0.222. The van der Waals surface area contributed by atoms with Gasteiger partial charge in [0.15, 0.2) is 12.1 Å². The van der Waals surface area contributed by atoms with Gasteiger partial charge in [0.1, 0.15) is 0 Å². The van der Waals surface area contributed by atoms with Gasteiger partial charge in [-0.05, 0) is 0 Å². The molecule has 0 radical (unpaired) electrons. The van der Waals surface area contributed by atoms with Gasteiger partial charge < -0.3 is 9.52 Å². The molecule has 0 atom stereocenters. The fourth-order valence-electron chi connectivity index (χ4n) is 0.329. The monoisotopic (exact) mass is 129 g/mol. The molecule has 8 heavy (non-hydrogen) atoms. The molecule has 0 saturated heterocycles. The summed E-state index contributed by atoms with van der Waals surface area (Å²) in [6.45, 7) is 0. The van der Waals surface area contributed by atoms with Crippen molar-refractivity contribution < 1.29 is 9.52 Å². The molecule has 1 heterocycles. The lowest BCUT2D eigenvalue weighted by Crippen LogP contribution is -1.73. The van der Waals surface area contributed by atoms with E-state index in [4.69, 9.17) is 5.11 Å². The molecule has 0 saturated carbocycles. The normalized spacial score (nSPS) is 9.00. The molecule has 0 aromatic carbocycles. The van der Waals surface area contributed by atoms with Crippen molar-refractivity contribution in [3.63, 3.8) is 0 Å². The minimum atomic E-state index is -0.222. The summed E-state index contributed by atoms with van der Waals surface area (Å²) in [4.78, 5) is 3.56. The van der Waals surface area contributed by atoms with Gasteiger partial charge in [-0.25, -0.2) is 4.98 Å². The summed E-state index contributed by atoms with van der Waals surface area (Å²) in [6, 6.07) is 0. The molecule has 0 unspecified atom stereocenters. The predicted molar refractivity (Wildman–Crippen MR) is 30.9 cm³/mol. The molecule has 1 rings (SSSR count). The number of thiocarbonyl (C=S) groups is 1. The van der Waals surface area contributed by atoms with E-state index >= 15 is 0 Å². The Bertz CT molecular complexity index is 196. The molecule has 0 amide bonds. The van der Waals surface area contributed by atoms with Crippen molar-refractivity contribution in [3.05, 3.63) is 12.1 Å².